The highest BCUT2D eigenvalue weighted by Gasteiger charge is 2.23. The lowest BCUT2D eigenvalue weighted by atomic mass is 9.94. The van der Waals surface area contributed by atoms with Gasteiger partial charge in [0.1, 0.15) is 0 Å². The molecule has 0 aromatic heterocycles. The van der Waals surface area contributed by atoms with Crippen LogP contribution in [0.4, 0.5) is 5.69 Å². The number of aryl methyl sites for hydroxylation is 2. The molecule has 2 heteroatoms. The van der Waals surface area contributed by atoms with Gasteiger partial charge in [0.05, 0.1) is 12.6 Å². The minimum absolute atomic E-state index is 0.254. The highest BCUT2D eigenvalue weighted by molar-refractivity contribution is 5.69. The molecule has 2 nitrogen and oxygen atoms in total. The molecule has 0 aliphatic rings. The van der Waals surface area contributed by atoms with Gasteiger partial charge in [-0.15, -0.1) is 0 Å². The first-order chi connectivity index (χ1) is 11.8. The molecular formula is C23H31NO. The second kappa shape index (κ2) is 8.35. The van der Waals surface area contributed by atoms with E-state index in [1.165, 1.54) is 27.9 Å². The summed E-state index contributed by atoms with van der Waals surface area (Å²) >= 11 is 0. The van der Waals surface area contributed by atoms with Crippen LogP contribution in [-0.2, 0) is 4.74 Å². The third kappa shape index (κ3) is 4.52. The second-order valence-electron chi connectivity index (χ2n) is 7.26. The Labute approximate surface area is 153 Å². The Morgan fingerprint density at radius 3 is 2.16 bits per heavy atom. The molecule has 0 radical (unpaired) electrons. The van der Waals surface area contributed by atoms with Crippen LogP contribution in [-0.4, -0.2) is 26.8 Å². The van der Waals surface area contributed by atoms with Crippen molar-refractivity contribution in [1.82, 2.24) is 0 Å². The van der Waals surface area contributed by atoms with Crippen LogP contribution >= 0.6 is 0 Å². The van der Waals surface area contributed by atoms with Crippen LogP contribution in [0.1, 0.15) is 25.0 Å². The number of anilines is 1. The van der Waals surface area contributed by atoms with Crippen molar-refractivity contribution in [1.29, 1.82) is 0 Å². The summed E-state index contributed by atoms with van der Waals surface area (Å²) < 4.78 is 5.31. The van der Waals surface area contributed by atoms with E-state index in [-0.39, 0.29) is 6.04 Å². The molecule has 2 aromatic rings. The van der Waals surface area contributed by atoms with E-state index in [0.29, 0.717) is 12.5 Å². The number of likely N-dealkylation sites (N-methyl/N-ethyl adjacent to an activating group) is 1. The average Bonchev–Trinajstić information content (AvgIpc) is 2.55. The molecule has 0 saturated heterocycles. The quantitative estimate of drug-likeness (QED) is 0.607. The highest BCUT2D eigenvalue weighted by Crippen LogP contribution is 2.30. The SMILES string of the molecule is C=C(COC)C(C(C)C)N(C)c1ccc(-c2ccc(C)cc2)cc1C. The lowest BCUT2D eigenvalue weighted by molar-refractivity contribution is 0.217. The molecule has 0 aliphatic carbocycles. The summed E-state index contributed by atoms with van der Waals surface area (Å²) in [5.41, 5.74) is 7.43. The fourth-order valence-electron chi connectivity index (χ4n) is 3.59. The van der Waals surface area contributed by atoms with Gasteiger partial charge in [0, 0.05) is 19.8 Å². The summed E-state index contributed by atoms with van der Waals surface area (Å²) in [6.45, 7) is 13.6. The van der Waals surface area contributed by atoms with Crippen LogP contribution in [0.5, 0.6) is 0 Å². The summed E-state index contributed by atoms with van der Waals surface area (Å²) in [5.74, 6) is 0.462. The molecule has 25 heavy (non-hydrogen) atoms. The average molecular weight is 338 g/mol. The first kappa shape index (κ1) is 19.3. The molecule has 0 saturated carbocycles. The van der Waals surface area contributed by atoms with E-state index in [1.807, 2.05) is 0 Å². The summed E-state index contributed by atoms with van der Waals surface area (Å²) in [6, 6.07) is 15.6. The third-order valence-corrected chi connectivity index (χ3v) is 4.76. The Kier molecular flexibility index (Phi) is 6.44. The van der Waals surface area contributed by atoms with Crippen molar-refractivity contribution in [2.75, 3.05) is 25.7 Å². The van der Waals surface area contributed by atoms with Crippen LogP contribution in [0.3, 0.4) is 0 Å². The molecule has 0 amide bonds. The van der Waals surface area contributed by atoms with Gasteiger partial charge in [-0.2, -0.15) is 0 Å². The van der Waals surface area contributed by atoms with Gasteiger partial charge in [-0.05, 0) is 54.2 Å². The zero-order chi connectivity index (χ0) is 18.6. The Hall–Kier alpha value is -2.06. The minimum atomic E-state index is 0.254. The Morgan fingerprint density at radius 1 is 1.04 bits per heavy atom. The van der Waals surface area contributed by atoms with Gasteiger partial charge in [-0.25, -0.2) is 0 Å². The Bertz CT molecular complexity index is 715. The summed E-state index contributed by atoms with van der Waals surface area (Å²) in [4.78, 5) is 2.33. The molecular weight excluding hydrogens is 306 g/mol. The predicted octanol–water partition coefficient (Wildman–Crippen LogP) is 5.63. The van der Waals surface area contributed by atoms with Crippen molar-refractivity contribution in [3.05, 3.63) is 65.7 Å². The number of ether oxygens (including phenoxy) is 1. The van der Waals surface area contributed by atoms with E-state index < -0.39 is 0 Å². The molecule has 0 fully saturated rings. The molecule has 0 heterocycles. The fourth-order valence-corrected chi connectivity index (χ4v) is 3.59. The monoisotopic (exact) mass is 337 g/mol. The number of methoxy groups -OCH3 is 1. The van der Waals surface area contributed by atoms with E-state index in [4.69, 9.17) is 4.74 Å². The van der Waals surface area contributed by atoms with E-state index in [1.54, 1.807) is 7.11 Å². The number of hydrogen-bond donors (Lipinski definition) is 0. The van der Waals surface area contributed by atoms with E-state index in [2.05, 4.69) is 88.7 Å². The molecule has 1 atom stereocenters. The summed E-state index contributed by atoms with van der Waals surface area (Å²) in [6.07, 6.45) is 0. The predicted molar refractivity (Wildman–Crippen MR) is 109 cm³/mol. The van der Waals surface area contributed by atoms with Gasteiger partial charge in [0.25, 0.3) is 0 Å². The van der Waals surface area contributed by atoms with Gasteiger partial charge in [-0.1, -0.05) is 56.3 Å². The lowest BCUT2D eigenvalue weighted by Gasteiger charge is -2.35. The van der Waals surface area contributed by atoms with Crippen molar-refractivity contribution < 1.29 is 4.74 Å². The number of hydrogen-bond acceptors (Lipinski definition) is 2. The van der Waals surface area contributed by atoms with E-state index >= 15 is 0 Å². The maximum Gasteiger partial charge on any atom is 0.0690 e. The standard InChI is InChI=1S/C23H31NO/c1-16(2)23(19(5)15-25-7)24(6)22-13-12-21(14-18(22)4)20-10-8-17(3)9-11-20/h8-14,16,23H,5,15H2,1-4,6-7H3. The van der Waals surface area contributed by atoms with Gasteiger partial charge >= 0.3 is 0 Å². The van der Waals surface area contributed by atoms with Gasteiger partial charge in [0.2, 0.25) is 0 Å². The van der Waals surface area contributed by atoms with Gasteiger partial charge < -0.3 is 9.64 Å². The lowest BCUT2D eigenvalue weighted by Crippen LogP contribution is -2.39. The van der Waals surface area contributed by atoms with Gasteiger partial charge in [-0.3, -0.25) is 0 Å². The van der Waals surface area contributed by atoms with Crippen LogP contribution in [0, 0.1) is 19.8 Å². The number of benzene rings is 2. The first-order valence-electron chi connectivity index (χ1n) is 8.92. The molecule has 0 N–H and O–H groups in total. The van der Waals surface area contributed by atoms with E-state index in [0.717, 1.165) is 5.57 Å². The third-order valence-electron chi connectivity index (χ3n) is 4.76. The molecule has 0 bridgehead atoms. The van der Waals surface area contributed by atoms with Crippen molar-refractivity contribution in [2.45, 2.75) is 33.7 Å². The smallest absolute Gasteiger partial charge is 0.0690 e. The topological polar surface area (TPSA) is 12.5 Å². The fraction of sp³-hybridized carbons (Fsp3) is 0.391. The zero-order valence-electron chi connectivity index (χ0n) is 16.5. The number of rotatable bonds is 7. The van der Waals surface area contributed by atoms with Gasteiger partial charge in [0.15, 0.2) is 0 Å². The molecule has 0 aliphatic heterocycles. The normalized spacial score (nSPS) is 12.3. The maximum absolute atomic E-state index is 5.31. The minimum Gasteiger partial charge on any atom is -0.380 e. The zero-order valence-corrected chi connectivity index (χ0v) is 16.5. The van der Waals surface area contributed by atoms with Crippen LogP contribution in [0.15, 0.2) is 54.6 Å². The first-order valence-corrected chi connectivity index (χ1v) is 8.92. The van der Waals surface area contributed by atoms with Crippen molar-refractivity contribution in [3.8, 4) is 11.1 Å². The van der Waals surface area contributed by atoms with Crippen molar-refractivity contribution >= 4 is 5.69 Å². The summed E-state index contributed by atoms with van der Waals surface area (Å²) in [7, 11) is 3.88. The van der Waals surface area contributed by atoms with Crippen LogP contribution in [0.25, 0.3) is 11.1 Å². The molecule has 1 unspecified atom stereocenters. The molecule has 2 aromatic carbocycles. The largest absolute Gasteiger partial charge is 0.380 e. The van der Waals surface area contributed by atoms with Crippen LogP contribution in [0.2, 0.25) is 0 Å². The molecule has 2 rings (SSSR count). The maximum atomic E-state index is 5.31. The Morgan fingerprint density at radius 2 is 1.64 bits per heavy atom. The Balaban J connectivity index is 2.32. The number of nitrogens with zero attached hydrogens (tertiary/aromatic N) is 1. The molecule has 0 spiro atoms. The molecule has 134 valence electrons. The van der Waals surface area contributed by atoms with Crippen molar-refractivity contribution in [2.24, 2.45) is 5.92 Å². The summed E-state index contributed by atoms with van der Waals surface area (Å²) in [5, 5.41) is 0. The van der Waals surface area contributed by atoms with E-state index in [9.17, 15) is 0 Å². The van der Waals surface area contributed by atoms with Crippen LogP contribution < -0.4 is 4.90 Å². The highest BCUT2D eigenvalue weighted by atomic mass is 16.5. The second-order valence-corrected chi connectivity index (χ2v) is 7.26. The van der Waals surface area contributed by atoms with Crippen molar-refractivity contribution in [3.63, 3.8) is 0 Å².